The van der Waals surface area contributed by atoms with Crippen LogP contribution < -0.4 is 10.6 Å². The summed E-state index contributed by atoms with van der Waals surface area (Å²) in [5.74, 6) is -0.106. The lowest BCUT2D eigenvalue weighted by Crippen LogP contribution is -2.24. The van der Waals surface area contributed by atoms with Crippen LogP contribution in [0.3, 0.4) is 0 Å². The van der Waals surface area contributed by atoms with Crippen molar-refractivity contribution < 1.29 is 4.79 Å². The third-order valence-corrected chi connectivity index (χ3v) is 5.07. The third-order valence-electron chi connectivity index (χ3n) is 4.11. The minimum Gasteiger partial charge on any atom is -0.378 e. The molecule has 0 aliphatic heterocycles. The number of aryl methyl sites for hydroxylation is 1. The smallest absolute Gasteiger partial charge is 0.256 e. The topological polar surface area (TPSA) is 71.8 Å². The van der Waals surface area contributed by atoms with E-state index >= 15 is 0 Å². The Hall–Kier alpha value is -1.89. The van der Waals surface area contributed by atoms with Gasteiger partial charge in [-0.2, -0.15) is 9.47 Å². The van der Waals surface area contributed by atoms with E-state index < -0.39 is 0 Å². The van der Waals surface area contributed by atoms with Crippen molar-refractivity contribution in [3.8, 4) is 0 Å². The molecule has 1 saturated carbocycles. The molecule has 0 saturated heterocycles. The molecule has 0 unspecified atom stereocenters. The first-order chi connectivity index (χ1) is 10.7. The lowest BCUT2D eigenvalue weighted by molar-refractivity contribution is 0.0950. The molecular formula is C15H21N5OS. The number of hydrogen-bond donors (Lipinski definition) is 2. The molecule has 0 spiro atoms. The van der Waals surface area contributed by atoms with Gasteiger partial charge in [0, 0.05) is 13.2 Å². The number of carbonyl (C=O) groups is 1. The molecule has 2 aromatic rings. The predicted molar refractivity (Wildman–Crippen MR) is 87.3 cm³/mol. The fourth-order valence-electron chi connectivity index (χ4n) is 2.91. The molecule has 7 heteroatoms. The van der Waals surface area contributed by atoms with Crippen molar-refractivity contribution in [2.75, 3.05) is 12.4 Å². The fourth-order valence-corrected chi connectivity index (χ4v) is 3.65. The Morgan fingerprint density at radius 3 is 2.95 bits per heavy atom. The average Bonchev–Trinajstić information content (AvgIpc) is 3.24. The highest BCUT2D eigenvalue weighted by molar-refractivity contribution is 7.10. The van der Waals surface area contributed by atoms with Gasteiger partial charge in [-0.05, 0) is 37.4 Å². The van der Waals surface area contributed by atoms with E-state index in [9.17, 15) is 4.79 Å². The van der Waals surface area contributed by atoms with Crippen molar-refractivity contribution in [3.05, 3.63) is 29.2 Å². The van der Waals surface area contributed by atoms with Crippen LogP contribution in [0.15, 0.2) is 12.3 Å². The Bertz CT molecular complexity index is 657. The first-order valence-corrected chi connectivity index (χ1v) is 8.42. The second kappa shape index (κ2) is 6.48. The van der Waals surface area contributed by atoms with Crippen LogP contribution in [0.25, 0.3) is 0 Å². The third kappa shape index (κ3) is 2.99. The van der Waals surface area contributed by atoms with Crippen molar-refractivity contribution in [1.29, 1.82) is 0 Å². The Labute approximate surface area is 134 Å². The molecule has 118 valence electrons. The predicted octanol–water partition coefficient (Wildman–Crippen LogP) is 2.73. The number of amides is 1. The van der Waals surface area contributed by atoms with Crippen LogP contribution in [-0.4, -0.2) is 27.1 Å². The molecule has 6 nitrogen and oxygen atoms in total. The zero-order valence-corrected chi connectivity index (χ0v) is 13.7. The van der Waals surface area contributed by atoms with Crippen LogP contribution in [0.5, 0.6) is 0 Å². The van der Waals surface area contributed by atoms with E-state index in [1.54, 1.807) is 7.05 Å². The van der Waals surface area contributed by atoms with E-state index in [1.165, 1.54) is 37.2 Å². The highest BCUT2D eigenvalue weighted by atomic mass is 32.1. The van der Waals surface area contributed by atoms with Gasteiger partial charge in [0.05, 0.1) is 29.5 Å². The van der Waals surface area contributed by atoms with Crippen LogP contribution in [0.4, 0.5) is 5.00 Å². The monoisotopic (exact) mass is 319 g/mol. The molecule has 22 heavy (non-hydrogen) atoms. The SMILES string of the molecule is CNc1snc(C)c1C(=O)NCc1ccn(C2CCCC2)n1. The van der Waals surface area contributed by atoms with Crippen molar-refractivity contribution in [2.45, 2.75) is 45.2 Å². The number of nitrogens with one attached hydrogen (secondary N) is 2. The molecular weight excluding hydrogens is 298 g/mol. The summed E-state index contributed by atoms with van der Waals surface area (Å²) < 4.78 is 6.27. The van der Waals surface area contributed by atoms with Crippen LogP contribution in [0.2, 0.25) is 0 Å². The van der Waals surface area contributed by atoms with E-state index in [-0.39, 0.29) is 5.91 Å². The Morgan fingerprint density at radius 1 is 1.45 bits per heavy atom. The van der Waals surface area contributed by atoms with Crippen LogP contribution in [0, 0.1) is 6.92 Å². The second-order valence-corrected chi connectivity index (χ2v) is 6.40. The second-order valence-electron chi connectivity index (χ2n) is 5.63. The highest BCUT2D eigenvalue weighted by Gasteiger charge is 2.19. The van der Waals surface area contributed by atoms with Gasteiger partial charge in [0.2, 0.25) is 0 Å². The van der Waals surface area contributed by atoms with Crippen LogP contribution >= 0.6 is 11.5 Å². The highest BCUT2D eigenvalue weighted by Crippen LogP contribution is 2.28. The summed E-state index contributed by atoms with van der Waals surface area (Å²) in [5, 5.41) is 11.3. The van der Waals surface area contributed by atoms with E-state index in [0.717, 1.165) is 16.4 Å². The standard InChI is InChI=1S/C15H21N5OS/c1-10-13(15(16-2)22-19-10)14(21)17-9-11-7-8-20(18-11)12-5-3-4-6-12/h7-8,12,16H,3-6,9H2,1-2H3,(H,17,21). The van der Waals surface area contributed by atoms with Gasteiger partial charge in [-0.25, -0.2) is 0 Å². The first-order valence-electron chi connectivity index (χ1n) is 7.65. The van der Waals surface area contributed by atoms with Crippen LogP contribution in [0.1, 0.15) is 53.5 Å². The molecule has 0 atom stereocenters. The normalized spacial score (nSPS) is 15.2. The summed E-state index contributed by atoms with van der Waals surface area (Å²) in [5.41, 5.74) is 2.28. The quantitative estimate of drug-likeness (QED) is 0.889. The van der Waals surface area contributed by atoms with Crippen LogP contribution in [-0.2, 0) is 6.54 Å². The summed E-state index contributed by atoms with van der Waals surface area (Å²) in [6, 6.07) is 2.51. The molecule has 1 aliphatic carbocycles. The van der Waals surface area contributed by atoms with Crippen molar-refractivity contribution in [2.24, 2.45) is 0 Å². The molecule has 3 rings (SSSR count). The molecule has 1 amide bonds. The number of nitrogens with zero attached hydrogens (tertiary/aromatic N) is 3. The van der Waals surface area contributed by atoms with Gasteiger partial charge >= 0.3 is 0 Å². The Morgan fingerprint density at radius 2 is 2.23 bits per heavy atom. The van der Waals surface area contributed by atoms with Gasteiger partial charge in [-0.15, -0.1) is 0 Å². The maximum absolute atomic E-state index is 12.3. The minimum absolute atomic E-state index is 0.106. The van der Waals surface area contributed by atoms with E-state index in [0.29, 0.717) is 18.2 Å². The Balaban J connectivity index is 1.62. The van der Waals surface area contributed by atoms with Crippen molar-refractivity contribution in [3.63, 3.8) is 0 Å². The van der Waals surface area contributed by atoms with Gasteiger partial charge in [-0.3, -0.25) is 9.48 Å². The maximum atomic E-state index is 12.3. The zero-order valence-electron chi connectivity index (χ0n) is 12.9. The van der Waals surface area contributed by atoms with E-state index in [2.05, 4.69) is 20.1 Å². The molecule has 1 aliphatic rings. The summed E-state index contributed by atoms with van der Waals surface area (Å²) in [4.78, 5) is 12.3. The molecule has 2 N–H and O–H groups in total. The minimum atomic E-state index is -0.106. The van der Waals surface area contributed by atoms with Gasteiger partial charge in [0.15, 0.2) is 0 Å². The Kier molecular flexibility index (Phi) is 4.42. The fraction of sp³-hybridized carbons (Fsp3) is 0.533. The largest absolute Gasteiger partial charge is 0.378 e. The van der Waals surface area contributed by atoms with Crippen molar-refractivity contribution >= 4 is 22.4 Å². The lowest BCUT2D eigenvalue weighted by atomic mass is 10.2. The number of rotatable bonds is 5. The average molecular weight is 319 g/mol. The van der Waals surface area contributed by atoms with Gasteiger partial charge < -0.3 is 10.6 Å². The molecule has 0 aromatic carbocycles. The molecule has 0 bridgehead atoms. The zero-order chi connectivity index (χ0) is 15.5. The summed E-state index contributed by atoms with van der Waals surface area (Å²) in [6.45, 7) is 2.29. The van der Waals surface area contributed by atoms with E-state index in [4.69, 9.17) is 0 Å². The summed E-state index contributed by atoms with van der Waals surface area (Å²) in [7, 11) is 1.80. The number of anilines is 1. The maximum Gasteiger partial charge on any atom is 0.256 e. The molecule has 2 aromatic heterocycles. The van der Waals surface area contributed by atoms with Gasteiger partial charge in [-0.1, -0.05) is 12.8 Å². The first kappa shape index (κ1) is 15.0. The van der Waals surface area contributed by atoms with E-state index in [1.807, 2.05) is 23.9 Å². The molecule has 0 radical (unpaired) electrons. The number of aromatic nitrogens is 3. The molecule has 2 heterocycles. The van der Waals surface area contributed by atoms with Crippen molar-refractivity contribution in [1.82, 2.24) is 19.5 Å². The number of hydrogen-bond acceptors (Lipinski definition) is 5. The summed E-state index contributed by atoms with van der Waals surface area (Å²) in [6.07, 6.45) is 7.01. The number of carbonyl (C=O) groups excluding carboxylic acids is 1. The molecule has 1 fully saturated rings. The summed E-state index contributed by atoms with van der Waals surface area (Å²) >= 11 is 1.31. The van der Waals surface area contributed by atoms with Gasteiger partial charge in [0.1, 0.15) is 5.00 Å². The van der Waals surface area contributed by atoms with Gasteiger partial charge in [0.25, 0.3) is 5.91 Å². The lowest BCUT2D eigenvalue weighted by Gasteiger charge is -2.09.